The molecular weight excluding hydrogens is 124 g/mol. The van der Waals surface area contributed by atoms with Crippen LogP contribution in [0.25, 0.3) is 0 Å². The lowest BCUT2D eigenvalue weighted by atomic mass is 10.0. The van der Waals surface area contributed by atoms with Crippen molar-refractivity contribution in [2.75, 3.05) is 0 Å². The molecule has 0 aromatic rings. The average molecular weight is 137 g/mol. The Kier molecular flexibility index (Phi) is 4.29. The summed E-state index contributed by atoms with van der Waals surface area (Å²) in [7, 11) is 0. The van der Waals surface area contributed by atoms with Crippen molar-refractivity contribution >= 4 is 5.84 Å². The van der Waals surface area contributed by atoms with Crippen LogP contribution in [0, 0.1) is 11.3 Å². The van der Waals surface area contributed by atoms with E-state index in [0.717, 1.165) is 5.92 Å². The van der Waals surface area contributed by atoms with Gasteiger partial charge < -0.3 is 5.73 Å². The first-order valence-corrected chi connectivity index (χ1v) is 3.13. The van der Waals surface area contributed by atoms with Crippen molar-refractivity contribution in [2.24, 2.45) is 5.73 Å². The van der Waals surface area contributed by atoms with Crippen LogP contribution in [-0.4, -0.2) is 5.84 Å². The van der Waals surface area contributed by atoms with E-state index in [4.69, 9.17) is 11.1 Å². The third-order valence-electron chi connectivity index (χ3n) is 1.16. The minimum absolute atomic E-state index is 0.139. The Hall–Kier alpha value is -1.05. The fourth-order valence-electron chi connectivity index (χ4n) is 0.652. The molecule has 0 saturated heterocycles. The van der Waals surface area contributed by atoms with Crippen molar-refractivity contribution in [3.05, 3.63) is 31.2 Å². The quantitative estimate of drug-likeness (QED) is 0.338. The maximum atomic E-state index is 7.10. The summed E-state index contributed by atoms with van der Waals surface area (Å²) < 4.78 is 0. The highest BCUT2D eigenvalue weighted by Crippen LogP contribution is 2.10. The number of nitrogens with one attached hydrogen (secondary N) is 1. The van der Waals surface area contributed by atoms with E-state index in [1.807, 2.05) is 0 Å². The van der Waals surface area contributed by atoms with E-state index in [2.05, 4.69) is 13.2 Å². The molecule has 3 N–H and O–H groups in total. The Morgan fingerprint density at radius 3 is 1.90 bits per heavy atom. The van der Waals surface area contributed by atoms with E-state index >= 15 is 0 Å². The second kappa shape index (κ2) is 4.79. The predicted octanol–water partition coefficient (Wildman–Crippen LogP) is 1.65. The standard InChI is InChI=1S/C8H13N2/c1-3-5-7(6-4-2)8(9)10/h3-4H,1-2,5-6H2,(H3,9,10). The number of rotatable bonds is 5. The SMILES string of the molecule is C=CC[C](CC=C)C(=N)N. The van der Waals surface area contributed by atoms with Gasteiger partial charge in [0.15, 0.2) is 0 Å². The smallest absolute Gasteiger partial charge is 0.0985 e. The molecule has 0 fully saturated rings. The molecule has 0 amide bonds. The molecule has 2 heteroatoms. The lowest BCUT2D eigenvalue weighted by Gasteiger charge is -2.07. The molecule has 0 aromatic carbocycles. The van der Waals surface area contributed by atoms with Gasteiger partial charge in [-0.2, -0.15) is 0 Å². The first-order chi connectivity index (χ1) is 4.72. The van der Waals surface area contributed by atoms with Crippen LogP contribution in [-0.2, 0) is 0 Å². The normalized spacial score (nSPS) is 9.30. The van der Waals surface area contributed by atoms with Crippen molar-refractivity contribution in [1.29, 1.82) is 5.41 Å². The van der Waals surface area contributed by atoms with E-state index in [1.165, 1.54) is 0 Å². The van der Waals surface area contributed by atoms with Crippen molar-refractivity contribution in [3.8, 4) is 0 Å². The first kappa shape index (κ1) is 8.95. The van der Waals surface area contributed by atoms with Crippen LogP contribution in [0.2, 0.25) is 0 Å². The van der Waals surface area contributed by atoms with Crippen molar-refractivity contribution < 1.29 is 0 Å². The highest BCUT2D eigenvalue weighted by Gasteiger charge is 2.07. The summed E-state index contributed by atoms with van der Waals surface area (Å²) in [5, 5.41) is 7.10. The molecule has 55 valence electrons. The number of amidine groups is 1. The summed E-state index contributed by atoms with van der Waals surface area (Å²) in [5.74, 6) is 1.02. The molecule has 0 aliphatic carbocycles. The molecule has 0 heterocycles. The Morgan fingerprint density at radius 2 is 1.70 bits per heavy atom. The molecule has 0 aliphatic heterocycles. The van der Waals surface area contributed by atoms with Crippen molar-refractivity contribution in [1.82, 2.24) is 0 Å². The zero-order valence-corrected chi connectivity index (χ0v) is 6.06. The van der Waals surface area contributed by atoms with Crippen LogP contribution in [0.3, 0.4) is 0 Å². The summed E-state index contributed by atoms with van der Waals surface area (Å²) in [6.07, 6.45) is 4.84. The monoisotopic (exact) mass is 137 g/mol. The van der Waals surface area contributed by atoms with Gasteiger partial charge in [-0.05, 0) is 12.8 Å². The molecular formula is C8H13N2. The molecule has 0 unspecified atom stereocenters. The Labute approximate surface area is 61.9 Å². The van der Waals surface area contributed by atoms with Crippen molar-refractivity contribution in [3.63, 3.8) is 0 Å². The highest BCUT2D eigenvalue weighted by atomic mass is 14.7. The minimum Gasteiger partial charge on any atom is -0.387 e. The van der Waals surface area contributed by atoms with Gasteiger partial charge in [-0.3, -0.25) is 5.41 Å². The van der Waals surface area contributed by atoms with Gasteiger partial charge in [-0.25, -0.2) is 0 Å². The fourth-order valence-corrected chi connectivity index (χ4v) is 0.652. The lowest BCUT2D eigenvalue weighted by molar-refractivity contribution is 0.996. The number of nitrogens with two attached hydrogens (primary N) is 1. The van der Waals surface area contributed by atoms with Crippen LogP contribution in [0.5, 0.6) is 0 Å². The fraction of sp³-hybridized carbons (Fsp3) is 0.250. The third kappa shape index (κ3) is 3.07. The van der Waals surface area contributed by atoms with Crippen LogP contribution >= 0.6 is 0 Å². The third-order valence-corrected chi connectivity index (χ3v) is 1.16. The Morgan fingerprint density at radius 1 is 1.30 bits per heavy atom. The summed E-state index contributed by atoms with van der Waals surface area (Å²) in [5.41, 5.74) is 5.26. The second-order valence-electron chi connectivity index (χ2n) is 2.00. The summed E-state index contributed by atoms with van der Waals surface area (Å²) >= 11 is 0. The molecule has 0 spiro atoms. The second-order valence-corrected chi connectivity index (χ2v) is 2.00. The lowest BCUT2D eigenvalue weighted by Crippen LogP contribution is -2.19. The molecule has 1 radical (unpaired) electrons. The topological polar surface area (TPSA) is 49.9 Å². The van der Waals surface area contributed by atoms with Gasteiger partial charge in [-0.15, -0.1) is 13.2 Å². The summed E-state index contributed by atoms with van der Waals surface area (Å²) in [6.45, 7) is 7.12. The van der Waals surface area contributed by atoms with E-state index in [9.17, 15) is 0 Å². The maximum absolute atomic E-state index is 7.10. The van der Waals surface area contributed by atoms with Gasteiger partial charge in [0.2, 0.25) is 0 Å². The van der Waals surface area contributed by atoms with E-state index in [1.54, 1.807) is 12.2 Å². The van der Waals surface area contributed by atoms with Crippen LogP contribution in [0.1, 0.15) is 12.8 Å². The zero-order chi connectivity index (χ0) is 7.98. The van der Waals surface area contributed by atoms with E-state index in [0.29, 0.717) is 12.8 Å². The van der Waals surface area contributed by atoms with Gasteiger partial charge in [0, 0.05) is 5.92 Å². The van der Waals surface area contributed by atoms with Crippen LogP contribution in [0.15, 0.2) is 25.3 Å². The summed E-state index contributed by atoms with van der Waals surface area (Å²) in [4.78, 5) is 0. The van der Waals surface area contributed by atoms with Gasteiger partial charge in [0.25, 0.3) is 0 Å². The maximum Gasteiger partial charge on any atom is 0.0985 e. The van der Waals surface area contributed by atoms with Crippen LogP contribution < -0.4 is 5.73 Å². The average Bonchev–Trinajstić information content (AvgIpc) is 1.87. The van der Waals surface area contributed by atoms with E-state index < -0.39 is 0 Å². The largest absolute Gasteiger partial charge is 0.387 e. The summed E-state index contributed by atoms with van der Waals surface area (Å²) in [6, 6.07) is 0. The Balaban J connectivity index is 3.83. The van der Waals surface area contributed by atoms with Crippen LogP contribution in [0.4, 0.5) is 0 Å². The predicted molar refractivity (Wildman–Crippen MR) is 44.8 cm³/mol. The molecule has 0 bridgehead atoms. The molecule has 2 nitrogen and oxygen atoms in total. The molecule has 10 heavy (non-hydrogen) atoms. The molecule has 0 rings (SSSR count). The number of allylic oxidation sites excluding steroid dienone is 2. The molecule has 0 saturated carbocycles. The van der Waals surface area contributed by atoms with Gasteiger partial charge in [0.05, 0.1) is 5.84 Å². The molecule has 0 aliphatic rings. The zero-order valence-electron chi connectivity index (χ0n) is 6.06. The van der Waals surface area contributed by atoms with E-state index in [-0.39, 0.29) is 5.84 Å². The molecule has 0 atom stereocenters. The van der Waals surface area contributed by atoms with Gasteiger partial charge in [0.1, 0.15) is 0 Å². The van der Waals surface area contributed by atoms with Crippen molar-refractivity contribution in [2.45, 2.75) is 12.8 Å². The van der Waals surface area contributed by atoms with Gasteiger partial charge >= 0.3 is 0 Å². The first-order valence-electron chi connectivity index (χ1n) is 3.13. The number of hydrogen-bond acceptors (Lipinski definition) is 1. The molecule has 0 aromatic heterocycles. The Bertz CT molecular complexity index is 128. The highest BCUT2D eigenvalue weighted by molar-refractivity contribution is 5.91. The van der Waals surface area contributed by atoms with Gasteiger partial charge in [-0.1, -0.05) is 12.2 Å². The minimum atomic E-state index is 0.139. The number of hydrogen-bond donors (Lipinski definition) is 2.